The maximum absolute atomic E-state index is 10.5. The number of rotatable bonds is 4. The summed E-state index contributed by atoms with van der Waals surface area (Å²) in [5.74, 6) is -1.01. The van der Waals surface area contributed by atoms with Crippen LogP contribution in [0.25, 0.3) is 10.9 Å². The van der Waals surface area contributed by atoms with Gasteiger partial charge in [-0.3, -0.25) is 4.79 Å². The molecule has 1 atom stereocenters. The minimum atomic E-state index is -1.01. The molecular weight excluding hydrogens is 206 g/mol. The average molecular weight is 219 g/mol. The van der Waals surface area contributed by atoms with Gasteiger partial charge < -0.3 is 21.1 Å². The molecule has 0 aliphatic rings. The number of carboxylic acid groups (broad SMARTS) is 1. The van der Waals surface area contributed by atoms with Gasteiger partial charge in [-0.1, -0.05) is 18.2 Å². The first kappa shape index (κ1) is 10.5. The fraction of sp³-hybridized carbons (Fsp3) is 0.182. The summed E-state index contributed by atoms with van der Waals surface area (Å²) in [6.07, 6.45) is 1.80. The molecule has 5 N–H and O–H groups in total. The van der Waals surface area contributed by atoms with E-state index >= 15 is 0 Å². The molecule has 0 amide bonds. The predicted molar refractivity (Wildman–Crippen MR) is 62.4 cm³/mol. The summed E-state index contributed by atoms with van der Waals surface area (Å²) in [5, 5.41) is 12.7. The molecule has 0 aliphatic heterocycles. The highest BCUT2D eigenvalue weighted by molar-refractivity contribution is 5.92. The van der Waals surface area contributed by atoms with E-state index in [2.05, 4.69) is 10.3 Å². The Balaban J connectivity index is 2.13. The highest BCUT2D eigenvalue weighted by Gasteiger charge is 2.11. The number of benzene rings is 1. The highest BCUT2D eigenvalue weighted by Crippen LogP contribution is 2.22. The first-order chi connectivity index (χ1) is 7.68. The summed E-state index contributed by atoms with van der Waals surface area (Å²) in [5.41, 5.74) is 7.28. The van der Waals surface area contributed by atoms with Gasteiger partial charge in [-0.2, -0.15) is 0 Å². The van der Waals surface area contributed by atoms with Crippen LogP contribution in [-0.2, 0) is 4.79 Å². The molecule has 1 unspecified atom stereocenters. The van der Waals surface area contributed by atoms with Crippen molar-refractivity contribution in [1.82, 2.24) is 4.98 Å². The zero-order valence-electron chi connectivity index (χ0n) is 8.60. The molecule has 0 radical (unpaired) electrons. The number of nitrogens with one attached hydrogen (secondary N) is 2. The molecule has 5 heteroatoms. The molecule has 2 aromatic rings. The van der Waals surface area contributed by atoms with Crippen LogP contribution in [0.15, 0.2) is 30.5 Å². The van der Waals surface area contributed by atoms with Crippen LogP contribution < -0.4 is 11.1 Å². The largest absolute Gasteiger partial charge is 0.480 e. The predicted octanol–water partition coefficient (Wildman–Crippen LogP) is 0.992. The van der Waals surface area contributed by atoms with Crippen molar-refractivity contribution in [3.05, 3.63) is 30.5 Å². The van der Waals surface area contributed by atoms with Crippen LogP contribution in [0.4, 0.5) is 5.69 Å². The summed E-state index contributed by atoms with van der Waals surface area (Å²) in [7, 11) is 0. The molecule has 0 fully saturated rings. The number of carboxylic acids is 1. The van der Waals surface area contributed by atoms with Crippen LogP contribution in [0, 0.1) is 0 Å². The number of aromatic nitrogens is 1. The number of anilines is 1. The summed E-state index contributed by atoms with van der Waals surface area (Å²) in [4.78, 5) is 13.6. The Labute approximate surface area is 92.3 Å². The minimum Gasteiger partial charge on any atom is -0.480 e. The fourth-order valence-electron chi connectivity index (χ4n) is 1.52. The molecule has 0 saturated heterocycles. The maximum Gasteiger partial charge on any atom is 0.322 e. The molecule has 1 aromatic heterocycles. The van der Waals surface area contributed by atoms with Crippen molar-refractivity contribution in [2.75, 3.05) is 11.9 Å². The van der Waals surface area contributed by atoms with E-state index in [9.17, 15) is 4.79 Å². The smallest absolute Gasteiger partial charge is 0.322 e. The molecular formula is C11H13N3O2. The molecule has 0 bridgehead atoms. The number of aromatic amines is 1. The van der Waals surface area contributed by atoms with Crippen LogP contribution >= 0.6 is 0 Å². The highest BCUT2D eigenvalue weighted by atomic mass is 16.4. The van der Waals surface area contributed by atoms with Crippen molar-refractivity contribution < 1.29 is 9.90 Å². The van der Waals surface area contributed by atoms with E-state index in [1.807, 2.05) is 24.3 Å². The summed E-state index contributed by atoms with van der Waals surface area (Å²) in [6.45, 7) is 0.206. The lowest BCUT2D eigenvalue weighted by atomic mass is 10.2. The van der Waals surface area contributed by atoms with E-state index in [0.29, 0.717) is 0 Å². The van der Waals surface area contributed by atoms with Gasteiger partial charge in [0.25, 0.3) is 0 Å². The quantitative estimate of drug-likeness (QED) is 0.617. The first-order valence-electron chi connectivity index (χ1n) is 4.97. The van der Waals surface area contributed by atoms with Crippen molar-refractivity contribution >= 4 is 22.6 Å². The van der Waals surface area contributed by atoms with Crippen LogP contribution in [0.5, 0.6) is 0 Å². The zero-order valence-corrected chi connectivity index (χ0v) is 8.60. The van der Waals surface area contributed by atoms with Gasteiger partial charge >= 0.3 is 5.97 Å². The van der Waals surface area contributed by atoms with Gasteiger partial charge in [-0.05, 0) is 6.07 Å². The maximum atomic E-state index is 10.5. The van der Waals surface area contributed by atoms with E-state index in [0.717, 1.165) is 16.6 Å². The molecule has 5 nitrogen and oxygen atoms in total. The average Bonchev–Trinajstić information content (AvgIpc) is 2.69. The lowest BCUT2D eigenvalue weighted by Gasteiger charge is -2.08. The van der Waals surface area contributed by atoms with Crippen molar-refractivity contribution in [3.63, 3.8) is 0 Å². The third-order valence-electron chi connectivity index (χ3n) is 2.42. The number of hydrogen-bond donors (Lipinski definition) is 4. The van der Waals surface area contributed by atoms with Gasteiger partial charge in [0.05, 0.1) is 5.69 Å². The van der Waals surface area contributed by atoms with Crippen LogP contribution in [0.1, 0.15) is 0 Å². The third kappa shape index (κ3) is 1.99. The van der Waals surface area contributed by atoms with Crippen molar-refractivity contribution in [3.8, 4) is 0 Å². The van der Waals surface area contributed by atoms with Crippen LogP contribution in [0.3, 0.4) is 0 Å². The van der Waals surface area contributed by atoms with E-state index in [-0.39, 0.29) is 6.54 Å². The molecule has 1 heterocycles. The van der Waals surface area contributed by atoms with Crippen molar-refractivity contribution in [2.24, 2.45) is 5.73 Å². The molecule has 0 aliphatic carbocycles. The summed E-state index contributed by atoms with van der Waals surface area (Å²) in [6, 6.07) is 6.89. The molecule has 0 spiro atoms. The number of fused-ring (bicyclic) bond motifs is 1. The summed E-state index contributed by atoms with van der Waals surface area (Å²) >= 11 is 0. The third-order valence-corrected chi connectivity index (χ3v) is 2.42. The summed E-state index contributed by atoms with van der Waals surface area (Å²) < 4.78 is 0. The SMILES string of the molecule is NC(CNc1c[nH]c2ccccc12)C(=O)O. The Hall–Kier alpha value is -2.01. The van der Waals surface area contributed by atoms with Gasteiger partial charge in [-0.15, -0.1) is 0 Å². The number of para-hydroxylation sites is 1. The van der Waals surface area contributed by atoms with Crippen LogP contribution in [0.2, 0.25) is 0 Å². The second kappa shape index (κ2) is 4.24. The number of aliphatic carboxylic acids is 1. The first-order valence-corrected chi connectivity index (χ1v) is 4.97. The molecule has 1 aromatic carbocycles. The molecule has 16 heavy (non-hydrogen) atoms. The van der Waals surface area contributed by atoms with E-state index in [1.54, 1.807) is 6.20 Å². The van der Waals surface area contributed by atoms with E-state index in [4.69, 9.17) is 10.8 Å². The van der Waals surface area contributed by atoms with Crippen molar-refractivity contribution in [2.45, 2.75) is 6.04 Å². The lowest BCUT2D eigenvalue weighted by Crippen LogP contribution is -2.36. The lowest BCUT2D eigenvalue weighted by molar-refractivity contribution is -0.138. The molecule has 2 rings (SSSR count). The van der Waals surface area contributed by atoms with Gasteiger partial charge in [-0.25, -0.2) is 0 Å². The normalized spacial score (nSPS) is 12.6. The fourth-order valence-corrected chi connectivity index (χ4v) is 1.52. The topological polar surface area (TPSA) is 91.1 Å². The second-order valence-corrected chi connectivity index (χ2v) is 3.57. The van der Waals surface area contributed by atoms with E-state index < -0.39 is 12.0 Å². The molecule has 0 saturated carbocycles. The number of H-pyrrole nitrogens is 1. The Morgan fingerprint density at radius 1 is 1.50 bits per heavy atom. The van der Waals surface area contributed by atoms with Crippen LogP contribution in [-0.4, -0.2) is 28.6 Å². The number of nitrogens with two attached hydrogens (primary N) is 1. The second-order valence-electron chi connectivity index (χ2n) is 3.57. The Morgan fingerprint density at radius 3 is 3.00 bits per heavy atom. The minimum absolute atomic E-state index is 0.206. The number of carbonyl (C=O) groups is 1. The number of hydrogen-bond acceptors (Lipinski definition) is 3. The van der Waals surface area contributed by atoms with Crippen molar-refractivity contribution in [1.29, 1.82) is 0 Å². The Kier molecular flexibility index (Phi) is 2.78. The Bertz CT molecular complexity index is 507. The van der Waals surface area contributed by atoms with Gasteiger partial charge in [0.1, 0.15) is 6.04 Å². The zero-order chi connectivity index (χ0) is 11.5. The van der Waals surface area contributed by atoms with Gasteiger partial charge in [0.2, 0.25) is 0 Å². The van der Waals surface area contributed by atoms with Gasteiger partial charge in [0.15, 0.2) is 0 Å². The van der Waals surface area contributed by atoms with Gasteiger partial charge in [0, 0.05) is 23.6 Å². The monoisotopic (exact) mass is 219 g/mol. The van der Waals surface area contributed by atoms with E-state index in [1.165, 1.54) is 0 Å². The standard InChI is InChI=1S/C11H13N3O2/c12-8(11(15)16)5-13-10-6-14-9-4-2-1-3-7(9)10/h1-4,6,8,13-14H,5,12H2,(H,15,16). The molecule has 84 valence electrons. The Morgan fingerprint density at radius 2 is 2.25 bits per heavy atom.